The molecule has 0 unspecified atom stereocenters. The van der Waals surface area contributed by atoms with Crippen molar-refractivity contribution in [1.82, 2.24) is 9.88 Å². The number of hydrogen-bond acceptors (Lipinski definition) is 6. The molecule has 0 radical (unpaired) electrons. The molecule has 1 aromatic carbocycles. The highest BCUT2D eigenvalue weighted by atomic mass is 16.5. The first-order chi connectivity index (χ1) is 13.8. The van der Waals surface area contributed by atoms with Crippen LogP contribution in [0.15, 0.2) is 42.5 Å². The third-order valence-corrected chi connectivity index (χ3v) is 5.35. The molecule has 0 spiro atoms. The second kappa shape index (κ2) is 8.59. The van der Waals surface area contributed by atoms with E-state index < -0.39 is 23.5 Å². The zero-order valence-electron chi connectivity index (χ0n) is 16.1. The van der Waals surface area contributed by atoms with Gasteiger partial charge in [-0.15, -0.1) is 0 Å². The zero-order chi connectivity index (χ0) is 21.0. The minimum Gasteiger partial charge on any atom is -0.497 e. The normalized spacial score (nSPS) is 22.2. The van der Waals surface area contributed by atoms with E-state index in [2.05, 4.69) is 4.98 Å². The lowest BCUT2D eigenvalue weighted by atomic mass is 9.72. The highest BCUT2D eigenvalue weighted by molar-refractivity contribution is 5.85. The fourth-order valence-corrected chi connectivity index (χ4v) is 3.82. The van der Waals surface area contributed by atoms with Crippen LogP contribution in [0.2, 0.25) is 0 Å². The summed E-state index contributed by atoms with van der Waals surface area (Å²) in [7, 11) is 1.54. The summed E-state index contributed by atoms with van der Waals surface area (Å²) in [4.78, 5) is 29.4. The summed E-state index contributed by atoms with van der Waals surface area (Å²) in [5, 5.41) is 29.8. The number of likely N-dealkylation sites (tertiary alicyclic amines) is 1. The molecule has 154 valence electrons. The number of aromatic nitrogens is 1. The van der Waals surface area contributed by atoms with Crippen molar-refractivity contribution in [2.75, 3.05) is 20.2 Å². The molecule has 1 saturated heterocycles. The van der Waals surface area contributed by atoms with Gasteiger partial charge in [0.1, 0.15) is 16.9 Å². The number of aliphatic hydroxyl groups excluding tert-OH is 1. The largest absolute Gasteiger partial charge is 0.497 e. The van der Waals surface area contributed by atoms with Crippen molar-refractivity contribution in [3.05, 3.63) is 59.4 Å². The molecule has 0 amide bonds. The third kappa shape index (κ3) is 4.55. The molecule has 29 heavy (non-hydrogen) atoms. The van der Waals surface area contributed by atoms with Crippen molar-refractivity contribution in [3.63, 3.8) is 0 Å². The summed E-state index contributed by atoms with van der Waals surface area (Å²) < 4.78 is 5.22. The molecular formula is C21H24N2O6. The molecular weight excluding hydrogens is 376 g/mol. The van der Waals surface area contributed by atoms with Crippen LogP contribution in [0.3, 0.4) is 0 Å². The molecule has 0 bridgehead atoms. The Labute approximate surface area is 168 Å². The van der Waals surface area contributed by atoms with Crippen molar-refractivity contribution in [2.45, 2.75) is 25.5 Å². The van der Waals surface area contributed by atoms with Gasteiger partial charge in [-0.25, -0.2) is 9.78 Å². The third-order valence-electron chi connectivity index (χ3n) is 5.35. The average molecular weight is 400 g/mol. The number of carbonyl (C=O) groups is 2. The first-order valence-corrected chi connectivity index (χ1v) is 9.30. The molecule has 1 aromatic heterocycles. The van der Waals surface area contributed by atoms with Gasteiger partial charge >= 0.3 is 11.9 Å². The number of methoxy groups -OCH3 is 1. The second-order valence-electron chi connectivity index (χ2n) is 7.32. The number of benzene rings is 1. The fraction of sp³-hybridized carbons (Fsp3) is 0.381. The molecule has 8 nitrogen and oxygen atoms in total. The van der Waals surface area contributed by atoms with E-state index >= 15 is 0 Å². The number of aromatic carboxylic acids is 1. The van der Waals surface area contributed by atoms with Gasteiger partial charge in [-0.3, -0.25) is 9.69 Å². The second-order valence-corrected chi connectivity index (χ2v) is 7.32. The summed E-state index contributed by atoms with van der Waals surface area (Å²) in [5.41, 5.74) is -0.129. The maximum absolute atomic E-state index is 12.3. The fourth-order valence-electron chi connectivity index (χ4n) is 3.82. The van der Waals surface area contributed by atoms with Gasteiger partial charge in [0.05, 0.1) is 18.9 Å². The molecule has 2 heterocycles. The number of piperidine rings is 1. The van der Waals surface area contributed by atoms with Crippen molar-refractivity contribution >= 4 is 11.9 Å². The van der Waals surface area contributed by atoms with Crippen LogP contribution in [0.5, 0.6) is 5.75 Å². The molecule has 3 N–H and O–H groups in total. The molecule has 2 aromatic rings. The minimum absolute atomic E-state index is 0.0552. The monoisotopic (exact) mass is 400 g/mol. The number of carboxylic acids is 2. The van der Waals surface area contributed by atoms with E-state index in [0.29, 0.717) is 31.0 Å². The Balaban J connectivity index is 1.84. The van der Waals surface area contributed by atoms with Gasteiger partial charge in [0, 0.05) is 19.6 Å². The van der Waals surface area contributed by atoms with E-state index in [0.717, 1.165) is 5.56 Å². The maximum atomic E-state index is 12.3. The SMILES string of the molecule is COc1cccc(C[C@@]2(C(=O)O)CN(Cc3cccc(C(=O)O)n3)CC[C@@H]2O)c1. The molecule has 1 aliphatic heterocycles. The first-order valence-electron chi connectivity index (χ1n) is 9.30. The van der Waals surface area contributed by atoms with Gasteiger partial charge in [0.25, 0.3) is 0 Å². The van der Waals surface area contributed by atoms with E-state index in [1.54, 1.807) is 37.4 Å². The number of rotatable bonds is 7. The predicted molar refractivity (Wildman–Crippen MR) is 104 cm³/mol. The van der Waals surface area contributed by atoms with E-state index in [1.165, 1.54) is 6.07 Å². The number of carboxylic acid groups (broad SMARTS) is 2. The Morgan fingerprint density at radius 1 is 1.24 bits per heavy atom. The highest BCUT2D eigenvalue weighted by Crippen LogP contribution is 2.36. The topological polar surface area (TPSA) is 120 Å². The quantitative estimate of drug-likeness (QED) is 0.642. The van der Waals surface area contributed by atoms with Crippen LogP contribution in [-0.2, 0) is 17.8 Å². The Morgan fingerprint density at radius 3 is 2.69 bits per heavy atom. The standard InChI is InChI=1S/C21H24N2O6/c1-29-16-6-2-4-14(10-16)11-21(20(27)28)13-23(9-8-18(21)24)12-15-5-3-7-17(22-15)19(25)26/h2-7,10,18,24H,8-9,11-13H2,1H3,(H,25,26)(H,27,28)/t18-,21+/m0/s1. The lowest BCUT2D eigenvalue weighted by Crippen LogP contribution is -2.56. The average Bonchev–Trinajstić information content (AvgIpc) is 2.70. The van der Waals surface area contributed by atoms with Crippen LogP contribution in [0.4, 0.5) is 0 Å². The van der Waals surface area contributed by atoms with Crippen molar-refractivity contribution in [1.29, 1.82) is 0 Å². The smallest absolute Gasteiger partial charge is 0.354 e. The highest BCUT2D eigenvalue weighted by Gasteiger charge is 2.49. The number of ether oxygens (including phenoxy) is 1. The Morgan fingerprint density at radius 2 is 2.00 bits per heavy atom. The first kappa shape index (κ1) is 20.8. The van der Waals surface area contributed by atoms with Gasteiger partial charge in [0.2, 0.25) is 0 Å². The summed E-state index contributed by atoms with van der Waals surface area (Å²) >= 11 is 0. The summed E-state index contributed by atoms with van der Waals surface area (Å²) in [5.74, 6) is -1.55. The van der Waals surface area contributed by atoms with Crippen LogP contribution in [-0.4, -0.2) is 63.4 Å². The van der Waals surface area contributed by atoms with Crippen LogP contribution in [0.1, 0.15) is 28.2 Å². The van der Waals surface area contributed by atoms with E-state index in [9.17, 15) is 19.8 Å². The lowest BCUT2D eigenvalue weighted by molar-refractivity contribution is -0.163. The van der Waals surface area contributed by atoms with E-state index in [4.69, 9.17) is 9.84 Å². The van der Waals surface area contributed by atoms with E-state index in [1.807, 2.05) is 11.0 Å². The van der Waals surface area contributed by atoms with Crippen LogP contribution in [0, 0.1) is 5.41 Å². The van der Waals surface area contributed by atoms with Crippen molar-refractivity contribution in [3.8, 4) is 5.75 Å². The van der Waals surface area contributed by atoms with Gasteiger partial charge in [-0.1, -0.05) is 18.2 Å². The van der Waals surface area contributed by atoms with Gasteiger partial charge in [-0.05, 0) is 42.7 Å². The van der Waals surface area contributed by atoms with Gasteiger partial charge in [0.15, 0.2) is 0 Å². The Kier molecular flexibility index (Phi) is 6.14. The number of pyridine rings is 1. The minimum atomic E-state index is -1.38. The van der Waals surface area contributed by atoms with E-state index in [-0.39, 0.29) is 18.7 Å². The molecule has 0 aliphatic carbocycles. The van der Waals surface area contributed by atoms with Gasteiger partial charge < -0.3 is 20.1 Å². The van der Waals surface area contributed by atoms with Crippen LogP contribution >= 0.6 is 0 Å². The molecule has 1 fully saturated rings. The van der Waals surface area contributed by atoms with Crippen molar-refractivity contribution in [2.24, 2.45) is 5.41 Å². The molecule has 2 atom stereocenters. The maximum Gasteiger partial charge on any atom is 0.354 e. The molecule has 8 heteroatoms. The predicted octanol–water partition coefficient (Wildman–Crippen LogP) is 1.67. The summed E-state index contributed by atoms with van der Waals surface area (Å²) in [6.07, 6.45) is -0.546. The lowest BCUT2D eigenvalue weighted by Gasteiger charge is -2.43. The molecule has 3 rings (SSSR count). The number of aliphatic carboxylic acids is 1. The van der Waals surface area contributed by atoms with Gasteiger partial charge in [-0.2, -0.15) is 0 Å². The summed E-state index contributed by atoms with van der Waals surface area (Å²) in [6, 6.07) is 11.9. The zero-order valence-corrected chi connectivity index (χ0v) is 16.1. The summed E-state index contributed by atoms with van der Waals surface area (Å²) in [6.45, 7) is 0.925. The Bertz CT molecular complexity index is 902. The number of hydrogen-bond donors (Lipinski definition) is 3. The molecule has 1 aliphatic rings. The molecule has 0 saturated carbocycles. The number of nitrogens with zero attached hydrogens (tertiary/aromatic N) is 2. The number of aliphatic hydroxyl groups is 1. The van der Waals surface area contributed by atoms with Crippen molar-refractivity contribution < 1.29 is 29.6 Å². The van der Waals surface area contributed by atoms with Crippen LogP contribution in [0.25, 0.3) is 0 Å². The Hall–Kier alpha value is -2.97. The van der Waals surface area contributed by atoms with Crippen LogP contribution < -0.4 is 4.74 Å².